The van der Waals surface area contributed by atoms with Crippen LogP contribution in [-0.2, 0) is 0 Å². The molecule has 96 valence electrons. The van der Waals surface area contributed by atoms with E-state index in [1.165, 1.54) is 32.4 Å². The van der Waals surface area contributed by atoms with Gasteiger partial charge < -0.3 is 0 Å². The van der Waals surface area contributed by atoms with E-state index in [2.05, 4.69) is 39.5 Å². The van der Waals surface area contributed by atoms with Crippen molar-refractivity contribution in [2.75, 3.05) is 13.1 Å². The first-order valence-corrected chi connectivity index (χ1v) is 14.4. The molecule has 2 heteroatoms. The summed E-state index contributed by atoms with van der Waals surface area (Å²) in [7, 11) is 0. The third-order valence-corrected chi connectivity index (χ3v) is 15.0. The topological polar surface area (TPSA) is 3.24 Å². The summed E-state index contributed by atoms with van der Waals surface area (Å²) in [5, 5.41) is 0. The normalized spacial score (nSPS) is 11.4. The molecule has 0 fully saturated rings. The van der Waals surface area contributed by atoms with Gasteiger partial charge in [-0.25, -0.2) is 0 Å². The summed E-state index contributed by atoms with van der Waals surface area (Å²) in [5.74, 6) is 0. The Morgan fingerprint density at radius 3 is 1.88 bits per heavy atom. The number of rotatable bonds is 10. The van der Waals surface area contributed by atoms with Crippen LogP contribution >= 0.6 is 0 Å². The molecule has 0 saturated carbocycles. The molecule has 0 spiro atoms. The average molecular weight is 329 g/mol. The second-order valence-electron chi connectivity index (χ2n) is 5.31. The third kappa shape index (κ3) is 8.00. The van der Waals surface area contributed by atoms with Crippen molar-refractivity contribution < 1.29 is 0 Å². The van der Waals surface area contributed by atoms with E-state index in [0.717, 1.165) is 6.04 Å². The molecule has 0 N–H and O–H groups in total. The maximum absolute atomic E-state index is 2.61. The summed E-state index contributed by atoms with van der Waals surface area (Å²) in [6.07, 6.45) is 4.37. The van der Waals surface area contributed by atoms with Crippen molar-refractivity contribution in [2.45, 2.75) is 72.5 Å². The van der Waals surface area contributed by atoms with Gasteiger partial charge in [0, 0.05) is 0 Å². The molecule has 0 aliphatic carbocycles. The van der Waals surface area contributed by atoms with Gasteiger partial charge in [0.05, 0.1) is 0 Å². The first-order valence-electron chi connectivity index (χ1n) is 7.39. The van der Waals surface area contributed by atoms with Gasteiger partial charge >= 0.3 is 112 Å². The van der Waals surface area contributed by atoms with Crippen LogP contribution in [0.2, 0.25) is 12.5 Å². The van der Waals surface area contributed by atoms with E-state index in [1.54, 1.807) is 12.5 Å². The van der Waals surface area contributed by atoms with E-state index >= 15 is 0 Å². The van der Waals surface area contributed by atoms with E-state index in [9.17, 15) is 0 Å². The fourth-order valence-corrected chi connectivity index (χ4v) is 11.9. The van der Waals surface area contributed by atoms with Crippen molar-refractivity contribution >= 4 is 21.4 Å². The van der Waals surface area contributed by atoms with Gasteiger partial charge in [-0.15, -0.1) is 0 Å². The molecule has 0 heterocycles. The first-order chi connectivity index (χ1) is 7.65. The van der Waals surface area contributed by atoms with E-state index < -0.39 is 21.4 Å². The van der Waals surface area contributed by atoms with E-state index in [0.29, 0.717) is 0 Å². The summed E-state index contributed by atoms with van der Waals surface area (Å²) in [6, 6.07) is 0.732. The van der Waals surface area contributed by atoms with Crippen molar-refractivity contribution in [1.29, 1.82) is 0 Å². The number of hydrogen-bond donors (Lipinski definition) is 0. The molecule has 0 bridgehead atoms. The summed E-state index contributed by atoms with van der Waals surface area (Å²) < 4.78 is 4.93. The molecule has 0 aromatic carbocycles. The molecule has 0 aliphatic rings. The van der Waals surface area contributed by atoms with E-state index in [4.69, 9.17) is 0 Å². The van der Waals surface area contributed by atoms with Crippen LogP contribution in [0.4, 0.5) is 0 Å². The van der Waals surface area contributed by atoms with Gasteiger partial charge in [-0.05, 0) is 0 Å². The Kier molecular flexibility index (Phi) is 11.5. The Morgan fingerprint density at radius 2 is 1.50 bits per heavy atom. The summed E-state index contributed by atoms with van der Waals surface area (Å²) in [4.78, 5) is 2.61. The Hall–Kier alpha value is 0.830. The van der Waals surface area contributed by atoms with Crippen LogP contribution in [0.25, 0.3) is 0 Å². The van der Waals surface area contributed by atoms with Crippen molar-refractivity contribution in [1.82, 2.24) is 4.90 Å². The van der Waals surface area contributed by atoms with Crippen LogP contribution in [-0.4, -0.2) is 45.5 Å². The maximum atomic E-state index is 2.61. The Bertz CT molecular complexity index is 142. The van der Waals surface area contributed by atoms with Crippen LogP contribution in [0.1, 0.15) is 53.9 Å². The quantitative estimate of drug-likeness (QED) is 0.573. The van der Waals surface area contributed by atoms with Crippen LogP contribution in [0.3, 0.4) is 0 Å². The van der Waals surface area contributed by atoms with E-state index in [1.807, 2.05) is 0 Å². The minimum absolute atomic E-state index is 0.732. The molecular formula is C14H32InN. The van der Waals surface area contributed by atoms with Gasteiger partial charge in [-0.3, -0.25) is 0 Å². The van der Waals surface area contributed by atoms with Crippen molar-refractivity contribution in [3.63, 3.8) is 0 Å². The predicted molar refractivity (Wildman–Crippen MR) is 77.8 cm³/mol. The van der Waals surface area contributed by atoms with Gasteiger partial charge in [-0.1, -0.05) is 0 Å². The monoisotopic (exact) mass is 329 g/mol. The fourth-order valence-electron chi connectivity index (χ4n) is 2.61. The van der Waals surface area contributed by atoms with Crippen LogP contribution in [0, 0.1) is 0 Å². The molecule has 1 nitrogen and oxygen atoms in total. The van der Waals surface area contributed by atoms with Gasteiger partial charge in [-0.2, -0.15) is 0 Å². The fraction of sp³-hybridized carbons (Fsp3) is 1.00. The van der Waals surface area contributed by atoms with Gasteiger partial charge in [0.15, 0.2) is 0 Å². The molecule has 0 amide bonds. The zero-order valence-corrected chi connectivity index (χ0v) is 15.6. The molecular weight excluding hydrogens is 297 g/mol. The Balaban J connectivity index is 3.74. The number of nitrogens with zero attached hydrogens (tertiary/aromatic N) is 1. The SMILES string of the molecule is CC[CH2][In]([CH2]CC)[CH2]CCN(CC)C(C)C. The molecule has 0 rings (SSSR count). The minimum atomic E-state index is -1.05. The molecule has 0 aromatic rings. The van der Waals surface area contributed by atoms with Gasteiger partial charge in [0.2, 0.25) is 0 Å². The van der Waals surface area contributed by atoms with Crippen LogP contribution < -0.4 is 0 Å². The summed E-state index contributed by atoms with van der Waals surface area (Å²) in [6.45, 7) is 14.2. The summed E-state index contributed by atoms with van der Waals surface area (Å²) in [5.41, 5.74) is 0. The number of hydrogen-bond acceptors (Lipinski definition) is 1. The van der Waals surface area contributed by atoms with Crippen molar-refractivity contribution in [2.24, 2.45) is 0 Å². The van der Waals surface area contributed by atoms with E-state index in [-0.39, 0.29) is 0 Å². The summed E-state index contributed by atoms with van der Waals surface area (Å²) >= 11 is -1.05. The molecule has 0 atom stereocenters. The molecule has 0 radical (unpaired) electrons. The van der Waals surface area contributed by atoms with Crippen molar-refractivity contribution in [3.8, 4) is 0 Å². The standard InChI is InChI=1S/C8H18N.2C3H7.In/c1-5-7-9(6-2)8(3)4;2*1-3-2;/h8H,1,5-7H2,2-4H3;2*1,3H2,2H3;. The molecule has 0 unspecified atom stereocenters. The van der Waals surface area contributed by atoms with Crippen LogP contribution in [0.5, 0.6) is 0 Å². The molecule has 16 heavy (non-hydrogen) atoms. The average Bonchev–Trinajstić information content (AvgIpc) is 2.24. The van der Waals surface area contributed by atoms with Crippen molar-refractivity contribution in [3.05, 3.63) is 0 Å². The van der Waals surface area contributed by atoms with Crippen LogP contribution in [0.15, 0.2) is 0 Å². The Labute approximate surface area is 112 Å². The predicted octanol–water partition coefficient (Wildman–Crippen LogP) is 4.42. The Morgan fingerprint density at radius 1 is 0.938 bits per heavy atom. The van der Waals surface area contributed by atoms with Gasteiger partial charge in [0.1, 0.15) is 0 Å². The molecule has 0 aromatic heterocycles. The zero-order valence-electron chi connectivity index (χ0n) is 12.3. The zero-order chi connectivity index (χ0) is 12.4. The van der Waals surface area contributed by atoms with Gasteiger partial charge in [0.25, 0.3) is 0 Å². The second-order valence-corrected chi connectivity index (χ2v) is 15.2. The molecule has 0 saturated heterocycles. The first kappa shape index (κ1) is 16.8. The second kappa shape index (κ2) is 11.0. The molecule has 0 aliphatic heterocycles. The third-order valence-electron chi connectivity index (χ3n) is 3.59.